The molecule has 2 rings (SSSR count). The normalized spacial score (nSPS) is 11.8. The number of benzene rings is 2. The monoisotopic (exact) mass is 269 g/mol. The average molecular weight is 269 g/mol. The molecule has 1 unspecified atom stereocenters. The van der Waals surface area contributed by atoms with Crippen LogP contribution in [0.2, 0.25) is 0 Å². The zero-order valence-corrected chi connectivity index (χ0v) is 11.2. The first-order valence-electron chi connectivity index (χ1n) is 6.47. The van der Waals surface area contributed by atoms with Gasteiger partial charge in [-0.05, 0) is 6.42 Å². The maximum absolute atomic E-state index is 12.5. The number of hydrogen-bond acceptors (Lipinski definition) is 3. The molecule has 0 bridgehead atoms. The summed E-state index contributed by atoms with van der Waals surface area (Å²) in [7, 11) is 0. The maximum Gasteiger partial charge on any atom is 0.273 e. The highest BCUT2D eigenvalue weighted by Gasteiger charge is 2.26. The minimum atomic E-state index is -0.487. The third-order valence-electron chi connectivity index (χ3n) is 3.29. The van der Waals surface area contributed by atoms with Gasteiger partial charge in [0.1, 0.15) is 0 Å². The van der Waals surface area contributed by atoms with Gasteiger partial charge in [-0.15, -0.1) is 0 Å². The van der Waals surface area contributed by atoms with E-state index < -0.39 is 10.8 Å². The predicted molar refractivity (Wildman–Crippen MR) is 76.9 cm³/mol. The van der Waals surface area contributed by atoms with E-state index in [9.17, 15) is 14.9 Å². The summed E-state index contributed by atoms with van der Waals surface area (Å²) < 4.78 is 0. The van der Waals surface area contributed by atoms with E-state index in [1.807, 2.05) is 13.0 Å². The van der Waals surface area contributed by atoms with Crippen LogP contribution in [0, 0.1) is 10.1 Å². The quantitative estimate of drug-likeness (QED) is 0.468. The summed E-state index contributed by atoms with van der Waals surface area (Å²) in [5.41, 5.74) is 1.06. The second-order valence-corrected chi connectivity index (χ2v) is 4.51. The molecule has 0 N–H and O–H groups in total. The molecule has 0 aromatic heterocycles. The summed E-state index contributed by atoms with van der Waals surface area (Å²) in [6.45, 7) is 1.86. The van der Waals surface area contributed by atoms with Gasteiger partial charge in [-0.1, -0.05) is 55.5 Å². The highest BCUT2D eigenvalue weighted by atomic mass is 16.6. The highest BCUT2D eigenvalue weighted by Crippen LogP contribution is 2.31. The molecule has 0 aliphatic carbocycles. The van der Waals surface area contributed by atoms with E-state index in [1.165, 1.54) is 6.07 Å². The molecular weight excluding hydrogens is 254 g/mol. The smallest absolute Gasteiger partial charge is 0.273 e. The third-order valence-corrected chi connectivity index (χ3v) is 3.29. The van der Waals surface area contributed by atoms with Crippen LogP contribution in [0.4, 0.5) is 5.69 Å². The van der Waals surface area contributed by atoms with Crippen LogP contribution < -0.4 is 0 Å². The molecular formula is C16H15NO3. The third kappa shape index (κ3) is 2.74. The van der Waals surface area contributed by atoms with Crippen molar-refractivity contribution < 1.29 is 9.72 Å². The van der Waals surface area contributed by atoms with Gasteiger partial charge in [-0.2, -0.15) is 0 Å². The molecule has 0 aliphatic rings. The van der Waals surface area contributed by atoms with E-state index in [2.05, 4.69) is 0 Å². The van der Waals surface area contributed by atoms with E-state index in [4.69, 9.17) is 0 Å². The average Bonchev–Trinajstić information content (AvgIpc) is 2.49. The Kier molecular flexibility index (Phi) is 4.25. The Morgan fingerprint density at radius 2 is 1.70 bits per heavy atom. The number of nitrogens with zero attached hydrogens (tertiary/aromatic N) is 1. The number of rotatable bonds is 5. The van der Waals surface area contributed by atoms with Crippen LogP contribution >= 0.6 is 0 Å². The molecule has 0 heterocycles. The fourth-order valence-corrected chi connectivity index (χ4v) is 2.30. The minimum Gasteiger partial charge on any atom is -0.293 e. The Morgan fingerprint density at radius 1 is 1.10 bits per heavy atom. The van der Waals surface area contributed by atoms with Crippen LogP contribution in [-0.4, -0.2) is 10.7 Å². The Balaban J connectivity index is 2.43. The Labute approximate surface area is 117 Å². The van der Waals surface area contributed by atoms with Crippen LogP contribution in [0.1, 0.15) is 35.2 Å². The molecule has 0 fully saturated rings. The van der Waals surface area contributed by atoms with Gasteiger partial charge in [0.2, 0.25) is 0 Å². The number of nitro benzene ring substituents is 1. The van der Waals surface area contributed by atoms with Gasteiger partial charge in [0.25, 0.3) is 5.69 Å². The van der Waals surface area contributed by atoms with Gasteiger partial charge in [-0.25, -0.2) is 0 Å². The molecule has 4 nitrogen and oxygen atoms in total. The molecule has 2 aromatic carbocycles. The summed E-state index contributed by atoms with van der Waals surface area (Å²) in [5.74, 6) is -0.568. The molecule has 102 valence electrons. The lowest BCUT2D eigenvalue weighted by molar-refractivity contribution is -0.385. The summed E-state index contributed by atoms with van der Waals surface area (Å²) >= 11 is 0. The van der Waals surface area contributed by atoms with E-state index in [-0.39, 0.29) is 11.5 Å². The number of hydrogen-bond donors (Lipinski definition) is 0. The number of carbonyl (C=O) groups is 1. The summed E-state index contributed by atoms with van der Waals surface area (Å²) in [6.07, 6.45) is 0.526. The van der Waals surface area contributed by atoms with Crippen molar-refractivity contribution >= 4 is 11.5 Å². The molecule has 2 aromatic rings. The first-order valence-corrected chi connectivity index (χ1v) is 6.47. The van der Waals surface area contributed by atoms with Crippen LogP contribution in [0.25, 0.3) is 0 Å². The fourth-order valence-electron chi connectivity index (χ4n) is 2.30. The van der Waals surface area contributed by atoms with E-state index in [0.717, 1.165) is 0 Å². The summed E-state index contributed by atoms with van der Waals surface area (Å²) in [5, 5.41) is 11.1. The number of ketones is 1. The van der Waals surface area contributed by atoms with E-state index >= 15 is 0 Å². The minimum absolute atomic E-state index is 0.00336. The highest BCUT2D eigenvalue weighted by molar-refractivity contribution is 6.01. The molecule has 0 aliphatic heterocycles. The van der Waals surface area contributed by atoms with Crippen LogP contribution in [0.15, 0.2) is 54.6 Å². The summed E-state index contributed by atoms with van der Waals surface area (Å²) in [6, 6.07) is 15.3. The van der Waals surface area contributed by atoms with Gasteiger partial charge >= 0.3 is 0 Å². The number of nitro groups is 1. The van der Waals surface area contributed by atoms with Crippen LogP contribution in [0.5, 0.6) is 0 Å². The lowest BCUT2D eigenvalue weighted by Crippen LogP contribution is -2.13. The second kappa shape index (κ2) is 6.10. The van der Waals surface area contributed by atoms with Crippen molar-refractivity contribution in [3.8, 4) is 0 Å². The Hall–Kier alpha value is -2.49. The molecule has 1 atom stereocenters. The fraction of sp³-hybridized carbons (Fsp3) is 0.188. The van der Waals surface area contributed by atoms with Gasteiger partial charge in [0, 0.05) is 17.2 Å². The van der Waals surface area contributed by atoms with Crippen LogP contribution in [0.3, 0.4) is 0 Å². The second-order valence-electron chi connectivity index (χ2n) is 4.51. The van der Waals surface area contributed by atoms with Gasteiger partial charge in [0.05, 0.1) is 10.8 Å². The van der Waals surface area contributed by atoms with Crippen molar-refractivity contribution in [2.75, 3.05) is 0 Å². The molecule has 0 spiro atoms. The van der Waals surface area contributed by atoms with Crippen LogP contribution in [-0.2, 0) is 0 Å². The molecule has 0 saturated carbocycles. The maximum atomic E-state index is 12.5. The SMILES string of the molecule is CCC(C(=O)c1ccccc1)c1ccccc1[N+](=O)[O-]. The molecule has 0 saturated heterocycles. The first kappa shape index (κ1) is 13.9. The molecule has 20 heavy (non-hydrogen) atoms. The molecule has 0 amide bonds. The van der Waals surface area contributed by atoms with Gasteiger partial charge in [-0.3, -0.25) is 14.9 Å². The molecule has 4 heteroatoms. The molecule has 0 radical (unpaired) electrons. The number of para-hydroxylation sites is 1. The summed E-state index contributed by atoms with van der Waals surface area (Å²) in [4.78, 5) is 23.2. The number of carbonyl (C=O) groups excluding carboxylic acids is 1. The lowest BCUT2D eigenvalue weighted by Gasteiger charge is -2.14. The van der Waals surface area contributed by atoms with Gasteiger partial charge in [0.15, 0.2) is 5.78 Å². The van der Waals surface area contributed by atoms with E-state index in [0.29, 0.717) is 17.5 Å². The zero-order chi connectivity index (χ0) is 14.5. The first-order chi connectivity index (χ1) is 9.65. The predicted octanol–water partition coefficient (Wildman–Crippen LogP) is 3.97. The lowest BCUT2D eigenvalue weighted by atomic mass is 9.87. The van der Waals surface area contributed by atoms with Crippen molar-refractivity contribution in [2.45, 2.75) is 19.3 Å². The largest absolute Gasteiger partial charge is 0.293 e. The standard InChI is InChI=1S/C16H15NO3/c1-2-13(16(18)12-8-4-3-5-9-12)14-10-6-7-11-15(14)17(19)20/h3-11,13H,2H2,1H3. The van der Waals surface area contributed by atoms with Crippen molar-refractivity contribution in [2.24, 2.45) is 0 Å². The topological polar surface area (TPSA) is 60.2 Å². The number of Topliss-reactive ketones (excluding diaryl/α,β-unsaturated/α-hetero) is 1. The Bertz CT molecular complexity index is 623. The zero-order valence-electron chi connectivity index (χ0n) is 11.2. The van der Waals surface area contributed by atoms with Crippen molar-refractivity contribution in [3.05, 3.63) is 75.8 Å². The van der Waals surface area contributed by atoms with Crippen molar-refractivity contribution in [1.82, 2.24) is 0 Å². The Morgan fingerprint density at radius 3 is 2.30 bits per heavy atom. The van der Waals surface area contributed by atoms with Gasteiger partial charge < -0.3 is 0 Å². The van der Waals surface area contributed by atoms with Crippen molar-refractivity contribution in [1.29, 1.82) is 0 Å². The van der Waals surface area contributed by atoms with Crippen molar-refractivity contribution in [3.63, 3.8) is 0 Å². The van der Waals surface area contributed by atoms with E-state index in [1.54, 1.807) is 42.5 Å².